The first-order valence-corrected chi connectivity index (χ1v) is 6.58. The van der Waals surface area contributed by atoms with E-state index >= 15 is 0 Å². The number of halogens is 2. The first-order valence-electron chi connectivity index (χ1n) is 6.20. The quantitative estimate of drug-likeness (QED) is 0.849. The van der Waals surface area contributed by atoms with Crippen LogP contribution in [0.15, 0.2) is 18.2 Å². The molecule has 1 unspecified atom stereocenters. The molecule has 1 aliphatic rings. The fourth-order valence-electron chi connectivity index (χ4n) is 1.91. The Morgan fingerprint density at radius 1 is 1.21 bits per heavy atom. The van der Waals surface area contributed by atoms with Crippen molar-refractivity contribution in [3.8, 4) is 0 Å². The Morgan fingerprint density at radius 3 is 2.21 bits per heavy atom. The summed E-state index contributed by atoms with van der Waals surface area (Å²) >= 11 is 5.66. The lowest BCUT2D eigenvalue weighted by atomic mass is 9.75. The molecule has 0 amide bonds. The standard InChI is InChI=1S/C13H18BClFNO2/c1-12(2)13(3,4)19-14(18-12)11(17)8-5-6-9(15)10(16)7-8/h5-7,11H,17H2,1-4H3. The van der Waals surface area contributed by atoms with Crippen LogP contribution in [0.1, 0.15) is 39.2 Å². The lowest BCUT2D eigenvalue weighted by Crippen LogP contribution is -2.41. The van der Waals surface area contributed by atoms with Gasteiger partial charge in [-0.1, -0.05) is 17.7 Å². The SMILES string of the molecule is CC1(C)OB(C(N)c2ccc(Cl)c(F)c2)OC1(C)C. The summed E-state index contributed by atoms with van der Waals surface area (Å²) in [5, 5.41) is 0.0740. The third kappa shape index (κ3) is 2.65. The fraction of sp³-hybridized carbons (Fsp3) is 0.538. The lowest BCUT2D eigenvalue weighted by molar-refractivity contribution is 0.00578. The van der Waals surface area contributed by atoms with Crippen molar-refractivity contribution in [1.29, 1.82) is 0 Å². The molecule has 2 rings (SSSR count). The predicted molar refractivity (Wildman–Crippen MR) is 74.4 cm³/mol. The Labute approximate surface area is 118 Å². The van der Waals surface area contributed by atoms with E-state index in [0.717, 1.165) is 0 Å². The lowest BCUT2D eigenvalue weighted by Gasteiger charge is -2.32. The molecule has 0 bridgehead atoms. The minimum absolute atomic E-state index is 0.0740. The summed E-state index contributed by atoms with van der Waals surface area (Å²) in [6, 6.07) is 4.48. The van der Waals surface area contributed by atoms with E-state index in [1.165, 1.54) is 12.1 Å². The molecule has 0 aromatic heterocycles. The van der Waals surface area contributed by atoms with Crippen molar-refractivity contribution in [2.75, 3.05) is 0 Å². The number of nitrogens with two attached hydrogens (primary N) is 1. The van der Waals surface area contributed by atoms with Crippen molar-refractivity contribution in [2.24, 2.45) is 5.73 Å². The van der Waals surface area contributed by atoms with Gasteiger partial charge in [0, 0.05) is 0 Å². The van der Waals surface area contributed by atoms with Crippen LogP contribution >= 0.6 is 11.6 Å². The van der Waals surface area contributed by atoms with Crippen LogP contribution in [0, 0.1) is 5.82 Å². The van der Waals surface area contributed by atoms with E-state index in [9.17, 15) is 4.39 Å². The number of hydrogen-bond acceptors (Lipinski definition) is 3. The Kier molecular flexibility index (Phi) is 3.69. The van der Waals surface area contributed by atoms with Crippen molar-refractivity contribution in [2.45, 2.75) is 44.8 Å². The molecule has 1 aromatic rings. The molecule has 0 aliphatic carbocycles. The number of hydrogen-bond donors (Lipinski definition) is 1. The van der Waals surface area contributed by atoms with Gasteiger partial charge in [-0.25, -0.2) is 4.39 Å². The fourth-order valence-corrected chi connectivity index (χ4v) is 2.03. The molecule has 0 radical (unpaired) electrons. The van der Waals surface area contributed by atoms with Crippen molar-refractivity contribution in [3.63, 3.8) is 0 Å². The second kappa shape index (κ2) is 4.74. The average molecular weight is 286 g/mol. The summed E-state index contributed by atoms with van der Waals surface area (Å²) in [6.07, 6.45) is 0. The highest BCUT2D eigenvalue weighted by Crippen LogP contribution is 2.39. The topological polar surface area (TPSA) is 44.5 Å². The molecule has 2 N–H and O–H groups in total. The zero-order valence-electron chi connectivity index (χ0n) is 11.5. The Bertz CT molecular complexity index is 480. The predicted octanol–water partition coefficient (Wildman–Crippen LogP) is 3.11. The van der Waals surface area contributed by atoms with Gasteiger partial charge in [-0.05, 0) is 45.4 Å². The van der Waals surface area contributed by atoms with Crippen molar-refractivity contribution in [3.05, 3.63) is 34.6 Å². The van der Waals surface area contributed by atoms with E-state index in [2.05, 4.69) is 0 Å². The second-order valence-corrected chi connectivity index (χ2v) is 6.23. The highest BCUT2D eigenvalue weighted by Gasteiger charge is 2.53. The van der Waals surface area contributed by atoms with E-state index in [-0.39, 0.29) is 5.02 Å². The molecule has 0 spiro atoms. The first-order chi connectivity index (χ1) is 8.64. The van der Waals surface area contributed by atoms with E-state index in [1.54, 1.807) is 6.07 Å². The molecular weight excluding hydrogens is 267 g/mol. The molecule has 0 saturated carbocycles. The van der Waals surface area contributed by atoms with Gasteiger partial charge in [-0.2, -0.15) is 0 Å². The minimum Gasteiger partial charge on any atom is -0.402 e. The van der Waals surface area contributed by atoms with Crippen molar-refractivity contribution >= 4 is 18.7 Å². The summed E-state index contributed by atoms with van der Waals surface area (Å²) in [5.74, 6) is -1.06. The molecular formula is C13H18BClFNO2. The molecule has 6 heteroatoms. The molecule has 1 atom stereocenters. The van der Waals surface area contributed by atoms with Crippen molar-refractivity contribution in [1.82, 2.24) is 0 Å². The van der Waals surface area contributed by atoms with Crippen LogP contribution < -0.4 is 5.73 Å². The Morgan fingerprint density at radius 2 is 1.74 bits per heavy atom. The van der Waals surface area contributed by atoms with Crippen LogP contribution in [0.3, 0.4) is 0 Å². The molecule has 1 saturated heterocycles. The summed E-state index contributed by atoms with van der Waals surface area (Å²) in [5.41, 5.74) is 5.78. The molecule has 104 valence electrons. The van der Waals surface area contributed by atoms with E-state index < -0.39 is 30.1 Å². The van der Waals surface area contributed by atoms with Gasteiger partial charge in [0.25, 0.3) is 0 Å². The zero-order chi connectivity index (χ0) is 14.4. The van der Waals surface area contributed by atoms with Crippen LogP contribution in [0.5, 0.6) is 0 Å². The third-order valence-corrected chi connectivity index (χ3v) is 4.20. The van der Waals surface area contributed by atoms with E-state index in [4.69, 9.17) is 26.6 Å². The van der Waals surface area contributed by atoms with Crippen molar-refractivity contribution < 1.29 is 13.7 Å². The van der Waals surface area contributed by atoms with Crippen LogP contribution in [0.2, 0.25) is 5.02 Å². The number of benzene rings is 1. The van der Waals surface area contributed by atoms with Gasteiger partial charge < -0.3 is 15.0 Å². The third-order valence-electron chi connectivity index (χ3n) is 3.89. The Hall–Kier alpha value is -0.615. The van der Waals surface area contributed by atoms with Gasteiger partial charge in [0.1, 0.15) is 5.82 Å². The molecule has 1 heterocycles. The molecule has 1 fully saturated rings. The molecule has 19 heavy (non-hydrogen) atoms. The Balaban J connectivity index is 2.22. The summed E-state index contributed by atoms with van der Waals surface area (Å²) in [6.45, 7) is 7.79. The highest BCUT2D eigenvalue weighted by atomic mass is 35.5. The maximum Gasteiger partial charge on any atom is 0.480 e. The van der Waals surface area contributed by atoms with E-state index in [0.29, 0.717) is 5.56 Å². The van der Waals surface area contributed by atoms with Gasteiger partial charge in [-0.3, -0.25) is 0 Å². The number of rotatable bonds is 2. The van der Waals surface area contributed by atoms with Gasteiger partial charge in [0.2, 0.25) is 0 Å². The molecule has 1 aliphatic heterocycles. The van der Waals surface area contributed by atoms with E-state index in [1.807, 2.05) is 27.7 Å². The van der Waals surface area contributed by atoms with Crippen LogP contribution in [-0.2, 0) is 9.31 Å². The molecule has 1 aromatic carbocycles. The van der Waals surface area contributed by atoms with Crippen LogP contribution in [-0.4, -0.2) is 18.3 Å². The monoisotopic (exact) mass is 285 g/mol. The average Bonchev–Trinajstić information content (AvgIpc) is 2.51. The smallest absolute Gasteiger partial charge is 0.402 e. The highest BCUT2D eigenvalue weighted by molar-refractivity contribution is 6.47. The summed E-state index contributed by atoms with van der Waals surface area (Å²) in [7, 11) is -0.606. The summed E-state index contributed by atoms with van der Waals surface area (Å²) < 4.78 is 25.2. The largest absolute Gasteiger partial charge is 0.480 e. The maximum atomic E-state index is 13.5. The normalized spacial score (nSPS) is 22.6. The zero-order valence-corrected chi connectivity index (χ0v) is 12.3. The first kappa shape index (κ1) is 14.8. The van der Waals surface area contributed by atoms with Gasteiger partial charge in [0.05, 0.1) is 22.2 Å². The van der Waals surface area contributed by atoms with Crippen LogP contribution in [0.25, 0.3) is 0 Å². The second-order valence-electron chi connectivity index (χ2n) is 5.82. The minimum atomic E-state index is -0.606. The van der Waals surface area contributed by atoms with Gasteiger partial charge in [-0.15, -0.1) is 0 Å². The van der Waals surface area contributed by atoms with Crippen LogP contribution in [0.4, 0.5) is 4.39 Å². The maximum absolute atomic E-state index is 13.5. The van der Waals surface area contributed by atoms with Gasteiger partial charge in [0.15, 0.2) is 0 Å². The van der Waals surface area contributed by atoms with Gasteiger partial charge >= 0.3 is 7.12 Å². The summed E-state index contributed by atoms with van der Waals surface area (Å²) in [4.78, 5) is 0. The molecule has 3 nitrogen and oxygen atoms in total.